The third-order valence-electron chi connectivity index (χ3n) is 6.18. The Morgan fingerprint density at radius 1 is 1.00 bits per heavy atom. The summed E-state index contributed by atoms with van der Waals surface area (Å²) >= 11 is 1.57. The molecule has 8 nitrogen and oxygen atoms in total. The van der Waals surface area contributed by atoms with Crippen molar-refractivity contribution in [1.82, 2.24) is 10.2 Å². The summed E-state index contributed by atoms with van der Waals surface area (Å²) < 4.78 is 10.8. The quantitative estimate of drug-likeness (QED) is 0.173. The summed E-state index contributed by atoms with van der Waals surface area (Å²) in [6.45, 7) is 8.13. The van der Waals surface area contributed by atoms with Gasteiger partial charge in [-0.15, -0.1) is 11.8 Å². The highest BCUT2D eigenvalue weighted by molar-refractivity contribution is 8.00. The van der Waals surface area contributed by atoms with Crippen molar-refractivity contribution < 1.29 is 28.7 Å². The van der Waals surface area contributed by atoms with Gasteiger partial charge in [-0.3, -0.25) is 24.1 Å². The number of imide groups is 1. The van der Waals surface area contributed by atoms with Gasteiger partial charge in [-0.2, -0.15) is 0 Å². The maximum Gasteiger partial charge on any atom is 0.242 e. The van der Waals surface area contributed by atoms with Crippen LogP contribution in [-0.4, -0.2) is 78.9 Å². The molecule has 0 aliphatic carbocycles. The Bertz CT molecular complexity index is 645. The predicted molar refractivity (Wildman–Crippen MR) is 139 cm³/mol. The predicted octanol–water partition coefficient (Wildman–Crippen LogP) is 3.75. The van der Waals surface area contributed by atoms with Crippen LogP contribution in [0.2, 0.25) is 0 Å². The van der Waals surface area contributed by atoms with Gasteiger partial charge < -0.3 is 14.8 Å². The molecule has 2 unspecified atom stereocenters. The van der Waals surface area contributed by atoms with Crippen LogP contribution in [0.25, 0.3) is 0 Å². The van der Waals surface area contributed by atoms with Crippen molar-refractivity contribution >= 4 is 35.3 Å². The van der Waals surface area contributed by atoms with Crippen molar-refractivity contribution in [3.05, 3.63) is 0 Å². The highest BCUT2D eigenvalue weighted by Crippen LogP contribution is 2.26. The molecular formula is C26H46N2O6S. The first-order valence-corrected chi connectivity index (χ1v) is 14.4. The fourth-order valence-corrected chi connectivity index (χ4v) is 4.84. The van der Waals surface area contributed by atoms with Gasteiger partial charge in [-0.05, 0) is 18.6 Å². The molecule has 0 radical (unpaired) electrons. The first-order valence-electron chi connectivity index (χ1n) is 13.3. The van der Waals surface area contributed by atoms with Gasteiger partial charge in [0.2, 0.25) is 17.7 Å². The summed E-state index contributed by atoms with van der Waals surface area (Å²) in [5.41, 5.74) is 0. The second-order valence-electron chi connectivity index (χ2n) is 9.07. The third kappa shape index (κ3) is 14.0. The molecule has 3 amide bonds. The molecule has 2 atom stereocenters. The number of hydrogen-bond acceptors (Lipinski definition) is 7. The fourth-order valence-electron chi connectivity index (χ4n) is 3.66. The highest BCUT2D eigenvalue weighted by atomic mass is 32.2. The molecule has 9 heteroatoms. The Kier molecular flexibility index (Phi) is 17.8. The molecule has 0 aromatic carbocycles. The van der Waals surface area contributed by atoms with Gasteiger partial charge in [-0.1, -0.05) is 52.9 Å². The zero-order chi connectivity index (χ0) is 25.9. The lowest BCUT2D eigenvalue weighted by Crippen LogP contribution is -2.36. The molecule has 1 fully saturated rings. The van der Waals surface area contributed by atoms with Crippen LogP contribution in [0.3, 0.4) is 0 Å². The van der Waals surface area contributed by atoms with E-state index in [4.69, 9.17) is 9.47 Å². The molecule has 35 heavy (non-hydrogen) atoms. The number of unbranched alkanes of at least 4 members (excludes halogenated alkanes) is 5. The van der Waals surface area contributed by atoms with E-state index in [1.807, 2.05) is 13.8 Å². The number of carbonyl (C=O) groups excluding carboxylic acids is 4. The average molecular weight is 515 g/mol. The molecule has 1 heterocycles. The number of hydrogen-bond donors (Lipinski definition) is 1. The Labute approximate surface area is 215 Å². The van der Waals surface area contributed by atoms with E-state index in [1.54, 1.807) is 11.8 Å². The van der Waals surface area contributed by atoms with Crippen LogP contribution < -0.4 is 5.32 Å². The Morgan fingerprint density at radius 3 is 2.40 bits per heavy atom. The number of thioether (sulfide) groups is 1. The SMILES string of the molecule is CCCCCCCCSC1CC(=O)N(CCC(=O)NCCOCCOCCC(=O)C(C)CC)C1=O. The number of ether oxygens (including phenoxy) is 2. The van der Waals surface area contributed by atoms with E-state index in [9.17, 15) is 19.2 Å². The van der Waals surface area contributed by atoms with E-state index in [2.05, 4.69) is 12.2 Å². The number of carbonyl (C=O) groups is 4. The number of likely N-dealkylation sites (tertiary alicyclic amines) is 1. The summed E-state index contributed by atoms with van der Waals surface area (Å²) in [5.74, 6) is 0.639. The molecule has 0 aromatic heterocycles. The minimum absolute atomic E-state index is 0.0791. The molecule has 202 valence electrons. The van der Waals surface area contributed by atoms with Gasteiger partial charge in [0.15, 0.2) is 0 Å². The minimum atomic E-state index is -0.301. The molecule has 1 aliphatic rings. The number of amides is 3. The lowest BCUT2D eigenvalue weighted by Gasteiger charge is -2.15. The van der Waals surface area contributed by atoms with Crippen molar-refractivity contribution in [2.45, 2.75) is 90.2 Å². The second kappa shape index (κ2) is 19.7. The summed E-state index contributed by atoms with van der Waals surface area (Å²) in [4.78, 5) is 49.7. The molecule has 0 bridgehead atoms. The van der Waals surface area contributed by atoms with E-state index >= 15 is 0 Å². The van der Waals surface area contributed by atoms with E-state index < -0.39 is 0 Å². The molecule has 0 spiro atoms. The van der Waals surface area contributed by atoms with Crippen LogP contribution in [0.1, 0.15) is 85.0 Å². The van der Waals surface area contributed by atoms with Crippen LogP contribution in [0.4, 0.5) is 0 Å². The molecule has 1 aliphatic heterocycles. The standard InChI is InChI=1S/C26H46N2O6S/c1-4-6-7-8-9-10-19-35-23-20-25(31)28(26(23)32)14-11-24(30)27-13-16-34-18-17-33-15-12-22(29)21(3)5-2/h21,23H,4-20H2,1-3H3,(H,27,30). The topological polar surface area (TPSA) is 102 Å². The molecular weight excluding hydrogens is 468 g/mol. The number of ketones is 1. The number of rotatable bonds is 22. The minimum Gasteiger partial charge on any atom is -0.379 e. The summed E-state index contributed by atoms with van der Waals surface area (Å²) in [5, 5.41) is 2.44. The monoisotopic (exact) mass is 514 g/mol. The lowest BCUT2D eigenvalue weighted by atomic mass is 10.0. The summed E-state index contributed by atoms with van der Waals surface area (Å²) in [6, 6.07) is 0. The van der Waals surface area contributed by atoms with Gasteiger partial charge >= 0.3 is 0 Å². The van der Waals surface area contributed by atoms with Gasteiger partial charge in [0.05, 0.1) is 31.7 Å². The van der Waals surface area contributed by atoms with E-state index in [-0.39, 0.29) is 54.1 Å². The van der Waals surface area contributed by atoms with Crippen LogP contribution in [-0.2, 0) is 28.7 Å². The number of nitrogens with zero attached hydrogens (tertiary/aromatic N) is 1. The van der Waals surface area contributed by atoms with Crippen molar-refractivity contribution in [3.8, 4) is 0 Å². The number of Topliss-reactive ketones (excluding diaryl/α,β-unsaturated/α-hetero) is 1. The van der Waals surface area contributed by atoms with E-state index in [0.29, 0.717) is 39.4 Å². The Morgan fingerprint density at radius 2 is 1.69 bits per heavy atom. The Balaban J connectivity index is 2.05. The van der Waals surface area contributed by atoms with Crippen LogP contribution >= 0.6 is 11.8 Å². The number of nitrogens with one attached hydrogen (secondary N) is 1. The van der Waals surface area contributed by atoms with Crippen LogP contribution in [0.5, 0.6) is 0 Å². The normalized spacial score (nSPS) is 16.7. The van der Waals surface area contributed by atoms with Gasteiger partial charge in [-0.25, -0.2) is 0 Å². The maximum absolute atomic E-state index is 12.5. The maximum atomic E-state index is 12.5. The first kappa shape index (κ1) is 31.6. The molecule has 1 rings (SSSR count). The smallest absolute Gasteiger partial charge is 0.242 e. The fraction of sp³-hybridized carbons (Fsp3) is 0.846. The van der Waals surface area contributed by atoms with Gasteiger partial charge in [0.25, 0.3) is 0 Å². The molecule has 1 N–H and O–H groups in total. The highest BCUT2D eigenvalue weighted by Gasteiger charge is 2.38. The zero-order valence-corrected chi connectivity index (χ0v) is 22.8. The summed E-state index contributed by atoms with van der Waals surface area (Å²) in [6.07, 6.45) is 8.84. The summed E-state index contributed by atoms with van der Waals surface area (Å²) in [7, 11) is 0. The Hall–Kier alpha value is -1.45. The lowest BCUT2D eigenvalue weighted by molar-refractivity contribution is -0.138. The van der Waals surface area contributed by atoms with Crippen LogP contribution in [0.15, 0.2) is 0 Å². The van der Waals surface area contributed by atoms with E-state index in [1.165, 1.54) is 37.0 Å². The van der Waals surface area contributed by atoms with Gasteiger partial charge in [0, 0.05) is 38.3 Å². The third-order valence-corrected chi connectivity index (χ3v) is 7.47. The second-order valence-corrected chi connectivity index (χ2v) is 10.4. The average Bonchev–Trinajstić information content (AvgIpc) is 3.12. The van der Waals surface area contributed by atoms with E-state index in [0.717, 1.165) is 18.6 Å². The van der Waals surface area contributed by atoms with Crippen LogP contribution in [0, 0.1) is 5.92 Å². The van der Waals surface area contributed by atoms with Crippen molar-refractivity contribution in [2.75, 3.05) is 45.3 Å². The zero-order valence-electron chi connectivity index (χ0n) is 22.0. The van der Waals surface area contributed by atoms with Crippen molar-refractivity contribution in [1.29, 1.82) is 0 Å². The molecule has 0 saturated carbocycles. The van der Waals surface area contributed by atoms with Crippen molar-refractivity contribution in [3.63, 3.8) is 0 Å². The molecule has 1 saturated heterocycles. The first-order chi connectivity index (χ1) is 16.9. The van der Waals surface area contributed by atoms with Gasteiger partial charge in [0.1, 0.15) is 5.78 Å². The molecule has 0 aromatic rings. The largest absolute Gasteiger partial charge is 0.379 e. The van der Waals surface area contributed by atoms with Crippen molar-refractivity contribution in [2.24, 2.45) is 5.92 Å².